The van der Waals surface area contributed by atoms with Crippen LogP contribution in [0.2, 0.25) is 0 Å². The number of hydrogen-bond acceptors (Lipinski definition) is 3. The van der Waals surface area contributed by atoms with Crippen LogP contribution in [0.3, 0.4) is 0 Å². The number of nitrogens with zero attached hydrogens (tertiary/aromatic N) is 1. The Morgan fingerprint density at radius 3 is 1.92 bits per heavy atom. The van der Waals surface area contributed by atoms with Gasteiger partial charge in [-0.2, -0.15) is 0 Å². The van der Waals surface area contributed by atoms with Gasteiger partial charge in [0.15, 0.2) is 0 Å². The molecular weight excluding hydrogens is 169 g/mol. The summed E-state index contributed by atoms with van der Waals surface area (Å²) in [6.45, 7) is 6.86. The van der Waals surface area contributed by atoms with E-state index in [1.54, 1.807) is 33.8 Å². The molecule has 2 N–H and O–H groups in total. The molecule has 5 heteroatoms. The molecule has 73 valence electrons. The summed E-state index contributed by atoms with van der Waals surface area (Å²) in [4.78, 5) is 0. The average Bonchev–Trinajstić information content (AvgIpc) is 2.11. The van der Waals surface area contributed by atoms with Gasteiger partial charge >= 0.3 is 7.12 Å². The van der Waals surface area contributed by atoms with Crippen molar-refractivity contribution < 1.29 is 15.3 Å². The lowest BCUT2D eigenvalue weighted by Crippen LogP contribution is -2.48. The summed E-state index contributed by atoms with van der Waals surface area (Å²) < 4.78 is 0. The van der Waals surface area contributed by atoms with Crippen molar-refractivity contribution in [3.8, 4) is 0 Å². The molecule has 0 aromatic heterocycles. The first kappa shape index (κ1) is 10.7. The minimum atomic E-state index is -1.55. The largest absolute Gasteiger partial charge is 0.485 e. The van der Waals surface area contributed by atoms with E-state index < -0.39 is 18.2 Å². The second kappa shape index (κ2) is 2.82. The molecule has 0 saturated carbocycles. The van der Waals surface area contributed by atoms with Gasteiger partial charge in [-0.15, -0.1) is 10.3 Å². The lowest BCUT2D eigenvalue weighted by atomic mass is 9.70. The number of rotatable bonds is 1. The fraction of sp³-hybridized carbons (Fsp3) is 0.750. The van der Waals surface area contributed by atoms with Crippen LogP contribution in [0.25, 0.3) is 0 Å². The average molecular weight is 184 g/mol. The Morgan fingerprint density at radius 2 is 1.77 bits per heavy atom. The van der Waals surface area contributed by atoms with Crippen molar-refractivity contribution in [1.82, 2.24) is 5.06 Å². The highest BCUT2D eigenvalue weighted by molar-refractivity contribution is 6.51. The molecule has 0 aromatic carbocycles. The second-order valence-electron chi connectivity index (χ2n) is 4.48. The molecule has 0 saturated heterocycles. The van der Waals surface area contributed by atoms with Crippen molar-refractivity contribution in [2.24, 2.45) is 0 Å². The van der Waals surface area contributed by atoms with E-state index >= 15 is 0 Å². The van der Waals surface area contributed by atoms with Crippen LogP contribution in [0.15, 0.2) is 11.5 Å². The van der Waals surface area contributed by atoms with Gasteiger partial charge < -0.3 is 10.0 Å². The van der Waals surface area contributed by atoms with Crippen molar-refractivity contribution in [2.75, 3.05) is 0 Å². The predicted octanol–water partition coefficient (Wildman–Crippen LogP) is 0.143. The molecule has 1 aliphatic heterocycles. The lowest BCUT2D eigenvalue weighted by Gasteiger charge is -2.33. The molecular formula is C8H15BNO3. The Bertz CT molecular complexity index is 248. The molecule has 1 rings (SSSR count). The summed E-state index contributed by atoms with van der Waals surface area (Å²) >= 11 is 0. The molecule has 0 bridgehead atoms. The highest BCUT2D eigenvalue weighted by Crippen LogP contribution is 2.38. The third kappa shape index (κ3) is 1.53. The molecule has 0 amide bonds. The van der Waals surface area contributed by atoms with Gasteiger partial charge in [0, 0.05) is 0 Å². The quantitative estimate of drug-likeness (QED) is 0.570. The first-order chi connectivity index (χ1) is 5.69. The monoisotopic (exact) mass is 184 g/mol. The van der Waals surface area contributed by atoms with Gasteiger partial charge in [-0.1, -0.05) is 6.08 Å². The molecule has 0 spiro atoms. The fourth-order valence-electron chi connectivity index (χ4n) is 1.84. The van der Waals surface area contributed by atoms with E-state index in [4.69, 9.17) is 10.0 Å². The zero-order valence-corrected chi connectivity index (χ0v) is 8.40. The van der Waals surface area contributed by atoms with E-state index in [-0.39, 0.29) is 0 Å². The van der Waals surface area contributed by atoms with Gasteiger partial charge in [0.05, 0.1) is 11.1 Å². The number of hydrogen-bond donors (Lipinski definition) is 2. The van der Waals surface area contributed by atoms with E-state index in [2.05, 4.69) is 0 Å². The van der Waals surface area contributed by atoms with Gasteiger partial charge in [0.2, 0.25) is 0 Å². The normalized spacial score (nSPS) is 25.9. The van der Waals surface area contributed by atoms with Crippen molar-refractivity contribution >= 4 is 7.12 Å². The topological polar surface area (TPSA) is 63.6 Å². The van der Waals surface area contributed by atoms with E-state index in [1.807, 2.05) is 0 Å². The van der Waals surface area contributed by atoms with Crippen molar-refractivity contribution in [2.45, 2.75) is 38.8 Å². The molecule has 1 radical (unpaired) electrons. The van der Waals surface area contributed by atoms with Crippen molar-refractivity contribution in [3.05, 3.63) is 11.5 Å². The van der Waals surface area contributed by atoms with E-state index in [9.17, 15) is 5.21 Å². The Kier molecular flexibility index (Phi) is 2.32. The molecule has 0 atom stereocenters. The van der Waals surface area contributed by atoms with Crippen LogP contribution in [0.1, 0.15) is 27.7 Å². The smallest absolute Gasteiger partial charge is 0.423 e. The summed E-state index contributed by atoms with van der Waals surface area (Å²) in [5.74, 6) is 0. The van der Waals surface area contributed by atoms with Gasteiger partial charge in [0.25, 0.3) is 0 Å². The van der Waals surface area contributed by atoms with Crippen LogP contribution in [0.5, 0.6) is 0 Å². The van der Waals surface area contributed by atoms with Crippen LogP contribution >= 0.6 is 0 Å². The van der Waals surface area contributed by atoms with Gasteiger partial charge in [0.1, 0.15) is 0 Å². The predicted molar refractivity (Wildman–Crippen MR) is 49.0 cm³/mol. The van der Waals surface area contributed by atoms with Gasteiger partial charge in [-0.05, 0) is 33.2 Å². The summed E-state index contributed by atoms with van der Waals surface area (Å²) in [5.41, 5.74) is -1.13. The summed E-state index contributed by atoms with van der Waals surface area (Å²) in [7, 11) is -1.55. The Labute approximate surface area is 78.6 Å². The minimum Gasteiger partial charge on any atom is -0.423 e. The molecule has 13 heavy (non-hydrogen) atoms. The van der Waals surface area contributed by atoms with Crippen LogP contribution in [0, 0.1) is 0 Å². The van der Waals surface area contributed by atoms with Crippen LogP contribution in [0.4, 0.5) is 0 Å². The van der Waals surface area contributed by atoms with Gasteiger partial charge in [-0.25, -0.2) is 0 Å². The van der Waals surface area contributed by atoms with E-state index in [0.29, 0.717) is 5.47 Å². The Balaban J connectivity index is 3.10. The third-order valence-electron chi connectivity index (χ3n) is 2.52. The molecule has 0 aromatic rings. The maximum Gasteiger partial charge on any atom is 0.485 e. The molecule has 1 heterocycles. The summed E-state index contributed by atoms with van der Waals surface area (Å²) in [5, 5.41) is 30.7. The molecule has 4 nitrogen and oxygen atoms in total. The molecule has 1 aliphatic rings. The molecule has 0 unspecified atom stereocenters. The maximum atomic E-state index is 11.7. The fourth-order valence-corrected chi connectivity index (χ4v) is 1.84. The molecule has 0 aliphatic carbocycles. The standard InChI is InChI=1S/C8H15BNO3/c1-7(2)5-6(9(11)12)8(3,4)10(7)13/h5,11-12H,1-4H3. The highest BCUT2D eigenvalue weighted by Gasteiger charge is 2.49. The third-order valence-corrected chi connectivity index (χ3v) is 2.52. The van der Waals surface area contributed by atoms with E-state index in [0.717, 1.165) is 5.06 Å². The SMILES string of the molecule is CC1(C)C=C(B(O)O)C(C)(C)N1[O]. The minimum absolute atomic E-state index is 0.368. The van der Waals surface area contributed by atoms with Crippen molar-refractivity contribution in [1.29, 1.82) is 0 Å². The van der Waals surface area contributed by atoms with Crippen molar-refractivity contribution in [3.63, 3.8) is 0 Å². The maximum absolute atomic E-state index is 11.7. The lowest BCUT2D eigenvalue weighted by molar-refractivity contribution is -0.237. The Morgan fingerprint density at radius 1 is 1.31 bits per heavy atom. The second-order valence-corrected chi connectivity index (χ2v) is 4.48. The first-order valence-electron chi connectivity index (χ1n) is 4.26. The van der Waals surface area contributed by atoms with Crippen LogP contribution < -0.4 is 0 Å². The Hall–Kier alpha value is -0.355. The summed E-state index contributed by atoms with van der Waals surface area (Å²) in [6.07, 6.45) is 1.62. The van der Waals surface area contributed by atoms with E-state index in [1.165, 1.54) is 0 Å². The zero-order chi connectivity index (χ0) is 10.4. The zero-order valence-electron chi connectivity index (χ0n) is 8.40. The van der Waals surface area contributed by atoms with Crippen LogP contribution in [-0.4, -0.2) is 33.3 Å². The van der Waals surface area contributed by atoms with Gasteiger partial charge in [-0.3, -0.25) is 0 Å². The summed E-state index contributed by atoms with van der Waals surface area (Å²) in [6, 6.07) is 0. The highest BCUT2D eigenvalue weighted by atomic mass is 16.5. The van der Waals surface area contributed by atoms with Crippen LogP contribution in [-0.2, 0) is 5.21 Å². The number of hydroxylamine groups is 2. The first-order valence-corrected chi connectivity index (χ1v) is 4.26. The molecule has 0 fully saturated rings.